The lowest BCUT2D eigenvalue weighted by molar-refractivity contribution is 0.297. The highest BCUT2D eigenvalue weighted by molar-refractivity contribution is 7.99. The molecule has 0 aliphatic rings. The van der Waals surface area contributed by atoms with Crippen LogP contribution in [0.4, 0.5) is 0 Å². The molecule has 0 fully saturated rings. The summed E-state index contributed by atoms with van der Waals surface area (Å²) in [6.07, 6.45) is 2.41. The molecular formula is C18H32N4S. The van der Waals surface area contributed by atoms with Crippen LogP contribution in [-0.4, -0.2) is 56.4 Å². The fourth-order valence-corrected chi connectivity index (χ4v) is 3.07. The molecule has 0 heterocycles. The molecule has 0 aliphatic carbocycles. The Balaban J connectivity index is 2.06. The first kappa shape index (κ1) is 19.8. The first-order chi connectivity index (χ1) is 11.3. The van der Waals surface area contributed by atoms with Gasteiger partial charge in [0.05, 0.1) is 0 Å². The Labute approximate surface area is 146 Å². The van der Waals surface area contributed by atoms with E-state index >= 15 is 0 Å². The lowest BCUT2D eigenvalue weighted by atomic mass is 10.3. The van der Waals surface area contributed by atoms with E-state index in [2.05, 4.69) is 58.6 Å². The molecule has 130 valence electrons. The van der Waals surface area contributed by atoms with Crippen molar-refractivity contribution in [1.29, 1.82) is 0 Å². The molecule has 0 saturated heterocycles. The second-order valence-corrected chi connectivity index (χ2v) is 6.49. The summed E-state index contributed by atoms with van der Waals surface area (Å²) < 4.78 is 0. The fourth-order valence-electron chi connectivity index (χ4n) is 2.28. The van der Waals surface area contributed by atoms with Gasteiger partial charge in [-0.2, -0.15) is 0 Å². The maximum absolute atomic E-state index is 4.27. The Morgan fingerprint density at radius 3 is 2.39 bits per heavy atom. The summed E-state index contributed by atoms with van der Waals surface area (Å²) in [6.45, 7) is 9.82. The van der Waals surface area contributed by atoms with Gasteiger partial charge in [-0.15, -0.1) is 11.8 Å². The molecule has 0 aliphatic heterocycles. The van der Waals surface area contributed by atoms with Crippen LogP contribution in [-0.2, 0) is 0 Å². The standard InChI is InChI=1S/C18H32N4S/c1-4-22(5-2)15-10-9-13-20-18(19-3)21-14-16-23-17-11-7-6-8-12-17/h6-8,11-12H,4-5,9-10,13-16H2,1-3H3,(H2,19,20,21). The van der Waals surface area contributed by atoms with Gasteiger partial charge in [-0.1, -0.05) is 32.0 Å². The maximum Gasteiger partial charge on any atom is 0.191 e. The Bertz CT molecular complexity index is 418. The van der Waals surface area contributed by atoms with Crippen LogP contribution >= 0.6 is 11.8 Å². The molecule has 1 rings (SSSR count). The van der Waals surface area contributed by atoms with Crippen molar-refractivity contribution in [3.63, 3.8) is 0 Å². The smallest absolute Gasteiger partial charge is 0.191 e. The lowest BCUT2D eigenvalue weighted by Crippen LogP contribution is -2.39. The van der Waals surface area contributed by atoms with E-state index in [1.165, 1.54) is 24.3 Å². The van der Waals surface area contributed by atoms with Gasteiger partial charge < -0.3 is 15.5 Å². The zero-order chi connectivity index (χ0) is 16.8. The summed E-state index contributed by atoms with van der Waals surface area (Å²) in [5.41, 5.74) is 0. The van der Waals surface area contributed by atoms with Crippen LogP contribution in [0.25, 0.3) is 0 Å². The van der Waals surface area contributed by atoms with Crippen LogP contribution in [0.1, 0.15) is 26.7 Å². The van der Waals surface area contributed by atoms with E-state index < -0.39 is 0 Å². The summed E-state index contributed by atoms with van der Waals surface area (Å²) in [4.78, 5) is 8.05. The minimum absolute atomic E-state index is 0.904. The van der Waals surface area contributed by atoms with Crippen molar-refractivity contribution < 1.29 is 0 Å². The minimum atomic E-state index is 0.904. The third-order valence-electron chi connectivity index (χ3n) is 3.72. The largest absolute Gasteiger partial charge is 0.356 e. The van der Waals surface area contributed by atoms with E-state index in [0.717, 1.165) is 37.9 Å². The SMILES string of the molecule is CCN(CC)CCCCNC(=NC)NCCSc1ccccc1. The zero-order valence-corrected chi connectivity index (χ0v) is 15.7. The van der Waals surface area contributed by atoms with Crippen LogP contribution < -0.4 is 10.6 Å². The minimum Gasteiger partial charge on any atom is -0.356 e. The van der Waals surface area contributed by atoms with Crippen molar-refractivity contribution in [2.75, 3.05) is 45.5 Å². The molecule has 0 aromatic heterocycles. The van der Waals surface area contributed by atoms with Crippen molar-refractivity contribution in [2.45, 2.75) is 31.6 Å². The maximum atomic E-state index is 4.27. The number of unbranched alkanes of at least 4 members (excludes halogenated alkanes) is 1. The third-order valence-corrected chi connectivity index (χ3v) is 4.73. The molecule has 0 spiro atoms. The number of benzene rings is 1. The van der Waals surface area contributed by atoms with Crippen molar-refractivity contribution in [2.24, 2.45) is 4.99 Å². The van der Waals surface area contributed by atoms with Gasteiger partial charge in [0, 0.05) is 30.8 Å². The van der Waals surface area contributed by atoms with Gasteiger partial charge in [0.1, 0.15) is 0 Å². The number of guanidine groups is 1. The molecule has 0 unspecified atom stereocenters. The summed E-state index contributed by atoms with van der Waals surface area (Å²) in [6, 6.07) is 10.5. The number of hydrogen-bond acceptors (Lipinski definition) is 3. The molecule has 2 N–H and O–H groups in total. The summed E-state index contributed by atoms with van der Waals surface area (Å²) in [5.74, 6) is 1.94. The van der Waals surface area contributed by atoms with Crippen LogP contribution in [0, 0.1) is 0 Å². The van der Waals surface area contributed by atoms with Gasteiger partial charge in [0.15, 0.2) is 5.96 Å². The van der Waals surface area contributed by atoms with E-state index in [9.17, 15) is 0 Å². The number of nitrogens with zero attached hydrogens (tertiary/aromatic N) is 2. The predicted molar refractivity (Wildman–Crippen MR) is 104 cm³/mol. The molecular weight excluding hydrogens is 304 g/mol. The number of aliphatic imine (C=N–C) groups is 1. The van der Waals surface area contributed by atoms with Gasteiger partial charge in [-0.25, -0.2) is 0 Å². The average molecular weight is 337 g/mol. The van der Waals surface area contributed by atoms with Gasteiger partial charge in [0.2, 0.25) is 0 Å². The van der Waals surface area contributed by atoms with Crippen LogP contribution in [0.3, 0.4) is 0 Å². The van der Waals surface area contributed by atoms with Gasteiger partial charge in [-0.05, 0) is 44.6 Å². The first-order valence-corrected chi connectivity index (χ1v) is 9.63. The van der Waals surface area contributed by atoms with Gasteiger partial charge in [-0.3, -0.25) is 4.99 Å². The summed E-state index contributed by atoms with van der Waals surface area (Å²) in [7, 11) is 1.83. The summed E-state index contributed by atoms with van der Waals surface area (Å²) >= 11 is 1.86. The number of rotatable bonds is 11. The van der Waals surface area contributed by atoms with E-state index in [-0.39, 0.29) is 0 Å². The molecule has 0 bridgehead atoms. The van der Waals surface area contributed by atoms with Crippen LogP contribution in [0.2, 0.25) is 0 Å². The lowest BCUT2D eigenvalue weighted by Gasteiger charge is -2.18. The Kier molecular flexibility index (Phi) is 11.4. The Morgan fingerprint density at radius 2 is 1.74 bits per heavy atom. The number of hydrogen-bond donors (Lipinski definition) is 2. The van der Waals surface area contributed by atoms with Crippen LogP contribution in [0.5, 0.6) is 0 Å². The van der Waals surface area contributed by atoms with Crippen molar-refractivity contribution in [3.8, 4) is 0 Å². The van der Waals surface area contributed by atoms with Gasteiger partial charge in [0.25, 0.3) is 0 Å². The molecule has 0 radical (unpaired) electrons. The van der Waals surface area contributed by atoms with E-state index in [1.807, 2.05) is 24.9 Å². The molecule has 0 saturated carbocycles. The molecule has 1 aromatic carbocycles. The highest BCUT2D eigenvalue weighted by atomic mass is 32.2. The highest BCUT2D eigenvalue weighted by Crippen LogP contribution is 2.15. The Morgan fingerprint density at radius 1 is 1.04 bits per heavy atom. The number of thioether (sulfide) groups is 1. The Hall–Kier alpha value is -1.20. The van der Waals surface area contributed by atoms with Gasteiger partial charge >= 0.3 is 0 Å². The van der Waals surface area contributed by atoms with E-state index in [1.54, 1.807) is 0 Å². The van der Waals surface area contributed by atoms with Crippen molar-refractivity contribution >= 4 is 17.7 Å². The monoisotopic (exact) mass is 336 g/mol. The topological polar surface area (TPSA) is 39.7 Å². The third kappa shape index (κ3) is 9.51. The molecule has 4 nitrogen and oxygen atoms in total. The highest BCUT2D eigenvalue weighted by Gasteiger charge is 2.00. The molecule has 0 atom stereocenters. The number of nitrogens with one attached hydrogen (secondary N) is 2. The van der Waals surface area contributed by atoms with E-state index in [4.69, 9.17) is 0 Å². The van der Waals surface area contributed by atoms with E-state index in [0.29, 0.717) is 0 Å². The normalized spacial score (nSPS) is 11.7. The summed E-state index contributed by atoms with van der Waals surface area (Å²) in [5, 5.41) is 6.76. The molecule has 23 heavy (non-hydrogen) atoms. The quantitative estimate of drug-likeness (QED) is 0.282. The second kappa shape index (κ2) is 13.3. The molecule has 1 aromatic rings. The fraction of sp³-hybridized carbons (Fsp3) is 0.611. The molecule has 0 amide bonds. The second-order valence-electron chi connectivity index (χ2n) is 5.32. The average Bonchev–Trinajstić information content (AvgIpc) is 2.60. The predicted octanol–water partition coefficient (Wildman–Crippen LogP) is 3.07. The van der Waals surface area contributed by atoms with Crippen molar-refractivity contribution in [3.05, 3.63) is 30.3 Å². The van der Waals surface area contributed by atoms with Crippen LogP contribution in [0.15, 0.2) is 40.2 Å². The van der Waals surface area contributed by atoms with Crippen molar-refractivity contribution in [1.82, 2.24) is 15.5 Å². The zero-order valence-electron chi connectivity index (χ0n) is 14.8. The molecule has 5 heteroatoms. The first-order valence-electron chi connectivity index (χ1n) is 8.64.